The molecule has 0 bridgehead atoms. The Hall–Kier alpha value is -3.47. The van der Waals surface area contributed by atoms with Crippen molar-refractivity contribution in [3.05, 3.63) is 90.0 Å². The zero-order chi connectivity index (χ0) is 30.5. The second kappa shape index (κ2) is 16.2. The molecule has 0 fully saturated rings. The number of benzene rings is 3. The maximum absolute atomic E-state index is 13.1. The molecule has 0 saturated heterocycles. The number of hydrogen-bond donors (Lipinski definition) is 2. The van der Waals surface area contributed by atoms with Gasteiger partial charge in [0.2, 0.25) is 21.8 Å². The van der Waals surface area contributed by atoms with Gasteiger partial charge >= 0.3 is 0 Å². The summed E-state index contributed by atoms with van der Waals surface area (Å²) in [7, 11) is -3.89. The molecule has 8 nitrogen and oxygen atoms in total. The van der Waals surface area contributed by atoms with E-state index in [1.54, 1.807) is 23.1 Å². The standard InChI is InChI=1S/C32H39N3O5S2/c1-3-4-14-31(37)35(20-19-34-32(38)28(23-41-24(2)36)21-25-10-6-5-7-11-25)22-26-15-17-27(18-16-26)29-12-8-9-13-30(29)42(33,39)40/h5-13,15-18,28H,3-4,14,19-23H2,1-2H3,(H,34,38)(H2,33,39,40). The Kier molecular flexibility index (Phi) is 12.8. The summed E-state index contributed by atoms with van der Waals surface area (Å²) in [6.45, 7) is 4.49. The summed E-state index contributed by atoms with van der Waals surface area (Å²) in [5, 5.41) is 8.34. The highest BCUT2D eigenvalue weighted by atomic mass is 32.2. The highest BCUT2D eigenvalue weighted by Crippen LogP contribution is 2.27. The van der Waals surface area contributed by atoms with E-state index in [0.717, 1.165) is 35.7 Å². The Morgan fingerprint density at radius 3 is 2.24 bits per heavy atom. The molecule has 2 amide bonds. The van der Waals surface area contributed by atoms with Crippen molar-refractivity contribution in [1.29, 1.82) is 0 Å². The average molecular weight is 610 g/mol. The number of primary sulfonamides is 1. The predicted octanol–water partition coefficient (Wildman–Crippen LogP) is 4.77. The number of carbonyl (C=O) groups is 3. The molecule has 3 N–H and O–H groups in total. The molecule has 10 heteroatoms. The summed E-state index contributed by atoms with van der Waals surface area (Å²) < 4.78 is 24.1. The van der Waals surface area contributed by atoms with Crippen LogP contribution in [0.1, 0.15) is 44.2 Å². The minimum absolute atomic E-state index is 0.00252. The van der Waals surface area contributed by atoms with Gasteiger partial charge in [-0.25, -0.2) is 13.6 Å². The number of nitrogens with one attached hydrogen (secondary N) is 1. The van der Waals surface area contributed by atoms with Crippen LogP contribution in [-0.4, -0.2) is 49.1 Å². The van der Waals surface area contributed by atoms with Crippen molar-refractivity contribution in [1.82, 2.24) is 10.2 Å². The Bertz CT molecular complexity index is 1440. The van der Waals surface area contributed by atoms with Gasteiger partial charge < -0.3 is 10.2 Å². The molecule has 0 aliphatic rings. The summed E-state index contributed by atoms with van der Waals surface area (Å²) in [5.74, 6) is -0.136. The minimum atomic E-state index is -3.89. The molecule has 0 saturated carbocycles. The number of nitrogens with zero attached hydrogens (tertiary/aromatic N) is 1. The second-order valence-electron chi connectivity index (χ2n) is 10.1. The maximum atomic E-state index is 13.1. The fourth-order valence-corrected chi connectivity index (χ4v) is 6.01. The van der Waals surface area contributed by atoms with Crippen LogP contribution < -0.4 is 10.5 Å². The van der Waals surface area contributed by atoms with Crippen LogP contribution >= 0.6 is 11.8 Å². The van der Waals surface area contributed by atoms with Crippen LogP contribution in [0, 0.1) is 5.92 Å². The third-order valence-electron chi connectivity index (χ3n) is 6.79. The molecule has 3 rings (SSSR count). The van der Waals surface area contributed by atoms with Gasteiger partial charge in [-0.1, -0.05) is 97.9 Å². The van der Waals surface area contributed by atoms with Crippen LogP contribution in [-0.2, 0) is 37.4 Å². The zero-order valence-electron chi connectivity index (χ0n) is 24.1. The quantitative estimate of drug-likeness (QED) is 0.256. The van der Waals surface area contributed by atoms with Crippen LogP contribution in [0.2, 0.25) is 0 Å². The highest BCUT2D eigenvalue weighted by molar-refractivity contribution is 8.13. The summed E-state index contributed by atoms with van der Waals surface area (Å²) in [5.41, 5.74) is 3.11. The van der Waals surface area contributed by atoms with Gasteiger partial charge in [-0.05, 0) is 35.6 Å². The predicted molar refractivity (Wildman–Crippen MR) is 168 cm³/mol. The van der Waals surface area contributed by atoms with Crippen LogP contribution in [0.3, 0.4) is 0 Å². The SMILES string of the molecule is CCCCC(=O)N(CCNC(=O)C(CSC(C)=O)Cc1ccccc1)Cc1ccc(-c2ccccc2S(N)(=O)=O)cc1. The smallest absolute Gasteiger partial charge is 0.238 e. The molecule has 0 aliphatic carbocycles. The largest absolute Gasteiger partial charge is 0.354 e. The molecular formula is C32H39N3O5S2. The second-order valence-corrected chi connectivity index (χ2v) is 12.9. The summed E-state index contributed by atoms with van der Waals surface area (Å²) >= 11 is 1.14. The van der Waals surface area contributed by atoms with Crippen LogP contribution in [0.5, 0.6) is 0 Å². The summed E-state index contributed by atoms with van der Waals surface area (Å²) in [6.07, 6.45) is 2.60. The van der Waals surface area contributed by atoms with Crippen molar-refractivity contribution in [2.24, 2.45) is 11.1 Å². The topological polar surface area (TPSA) is 127 Å². The van der Waals surface area contributed by atoms with E-state index in [2.05, 4.69) is 5.32 Å². The number of sulfonamides is 1. The average Bonchev–Trinajstić information content (AvgIpc) is 2.97. The first-order valence-corrected chi connectivity index (χ1v) is 16.6. The van der Waals surface area contributed by atoms with E-state index < -0.39 is 10.0 Å². The lowest BCUT2D eigenvalue weighted by Crippen LogP contribution is -2.41. The van der Waals surface area contributed by atoms with Gasteiger partial charge in [0.25, 0.3) is 0 Å². The van der Waals surface area contributed by atoms with E-state index in [9.17, 15) is 22.8 Å². The van der Waals surface area contributed by atoms with Crippen molar-refractivity contribution in [2.45, 2.75) is 51.0 Å². The minimum Gasteiger partial charge on any atom is -0.354 e. The lowest BCUT2D eigenvalue weighted by Gasteiger charge is -2.24. The Labute approximate surface area is 253 Å². The number of carbonyl (C=O) groups excluding carboxylic acids is 3. The normalized spacial score (nSPS) is 12.0. The van der Waals surface area contributed by atoms with Crippen molar-refractivity contribution in [3.63, 3.8) is 0 Å². The van der Waals surface area contributed by atoms with Gasteiger partial charge in [-0.3, -0.25) is 14.4 Å². The van der Waals surface area contributed by atoms with Crippen molar-refractivity contribution in [2.75, 3.05) is 18.8 Å². The molecule has 0 aromatic heterocycles. The zero-order valence-corrected chi connectivity index (χ0v) is 25.8. The first-order valence-electron chi connectivity index (χ1n) is 14.0. The molecule has 0 heterocycles. The molecule has 0 spiro atoms. The molecule has 3 aromatic rings. The van der Waals surface area contributed by atoms with Crippen molar-refractivity contribution >= 4 is 38.7 Å². The van der Waals surface area contributed by atoms with E-state index >= 15 is 0 Å². The highest BCUT2D eigenvalue weighted by Gasteiger charge is 2.21. The van der Waals surface area contributed by atoms with Gasteiger partial charge in [0.15, 0.2) is 5.12 Å². The molecule has 1 unspecified atom stereocenters. The van der Waals surface area contributed by atoms with Gasteiger partial charge in [-0.2, -0.15) is 0 Å². The Morgan fingerprint density at radius 1 is 0.929 bits per heavy atom. The molecule has 42 heavy (non-hydrogen) atoms. The van der Waals surface area contributed by atoms with E-state index in [4.69, 9.17) is 5.14 Å². The summed E-state index contributed by atoms with van der Waals surface area (Å²) in [4.78, 5) is 39.6. The molecule has 3 aromatic carbocycles. The molecular weight excluding hydrogens is 571 g/mol. The van der Waals surface area contributed by atoms with Crippen LogP contribution in [0.25, 0.3) is 11.1 Å². The van der Waals surface area contributed by atoms with Crippen LogP contribution in [0.4, 0.5) is 0 Å². The first kappa shape index (κ1) is 33.0. The fraction of sp³-hybridized carbons (Fsp3) is 0.344. The fourth-order valence-electron chi connectivity index (χ4n) is 4.54. The van der Waals surface area contributed by atoms with Gasteiger partial charge in [0.1, 0.15) is 0 Å². The third kappa shape index (κ3) is 10.4. The van der Waals surface area contributed by atoms with Gasteiger partial charge in [0.05, 0.1) is 10.8 Å². The van der Waals surface area contributed by atoms with E-state index in [-0.39, 0.29) is 34.3 Å². The Balaban J connectivity index is 1.68. The number of thioether (sulfide) groups is 1. The Morgan fingerprint density at radius 2 is 1.60 bits per heavy atom. The van der Waals surface area contributed by atoms with Crippen molar-refractivity contribution in [3.8, 4) is 11.1 Å². The lowest BCUT2D eigenvalue weighted by molar-refractivity contribution is -0.132. The maximum Gasteiger partial charge on any atom is 0.238 e. The number of amides is 2. The molecule has 0 radical (unpaired) electrons. The van der Waals surface area contributed by atoms with Crippen LogP contribution in [0.15, 0.2) is 83.8 Å². The molecule has 224 valence electrons. The summed E-state index contributed by atoms with van der Waals surface area (Å²) in [6, 6.07) is 23.6. The van der Waals surface area contributed by atoms with E-state index in [0.29, 0.717) is 42.8 Å². The number of hydrogen-bond acceptors (Lipinski definition) is 6. The monoisotopic (exact) mass is 609 g/mol. The number of nitrogens with two attached hydrogens (primary N) is 1. The molecule has 1 atom stereocenters. The number of unbranched alkanes of at least 4 members (excludes halogenated alkanes) is 1. The van der Waals surface area contributed by atoms with E-state index in [1.807, 2.05) is 61.5 Å². The lowest BCUT2D eigenvalue weighted by atomic mass is 10.0. The number of rotatable bonds is 15. The van der Waals surface area contributed by atoms with Gasteiger partial charge in [0, 0.05) is 44.3 Å². The first-order chi connectivity index (χ1) is 20.1. The van der Waals surface area contributed by atoms with E-state index in [1.165, 1.54) is 13.0 Å². The third-order valence-corrected chi connectivity index (χ3v) is 8.74. The van der Waals surface area contributed by atoms with Gasteiger partial charge in [-0.15, -0.1) is 0 Å². The van der Waals surface area contributed by atoms with Crippen molar-refractivity contribution < 1.29 is 22.8 Å². The molecule has 0 aliphatic heterocycles.